The zero-order valence-electron chi connectivity index (χ0n) is 12.0. The molecule has 2 aromatic carbocycles. The maximum Gasteiger partial charge on any atom is 0.129 e. The predicted octanol–water partition coefficient (Wildman–Crippen LogP) is 4.30. The van der Waals surface area contributed by atoms with Crippen molar-refractivity contribution in [3.8, 4) is 22.4 Å². The van der Waals surface area contributed by atoms with Crippen molar-refractivity contribution in [1.29, 1.82) is 0 Å². The lowest BCUT2D eigenvalue weighted by Gasteiger charge is -2.05. The molecule has 0 aliphatic heterocycles. The van der Waals surface area contributed by atoms with Crippen molar-refractivity contribution in [2.24, 2.45) is 7.05 Å². The van der Waals surface area contributed by atoms with Gasteiger partial charge in [-0.3, -0.25) is 4.68 Å². The molecular formula is C17H16ClN3. The largest absolute Gasteiger partial charge is 0.383 e. The summed E-state index contributed by atoms with van der Waals surface area (Å²) in [6.07, 6.45) is 0. The zero-order chi connectivity index (χ0) is 15.0. The second-order valence-electron chi connectivity index (χ2n) is 5.11. The molecule has 1 heterocycles. The first kappa shape index (κ1) is 13.7. The summed E-state index contributed by atoms with van der Waals surface area (Å²) in [4.78, 5) is 0. The van der Waals surface area contributed by atoms with Crippen LogP contribution in [0.2, 0.25) is 5.02 Å². The monoisotopic (exact) mass is 297 g/mol. The maximum absolute atomic E-state index is 6.23. The maximum atomic E-state index is 6.23. The molecule has 3 aromatic rings. The van der Waals surface area contributed by atoms with Gasteiger partial charge >= 0.3 is 0 Å². The summed E-state index contributed by atoms with van der Waals surface area (Å²) >= 11 is 5.96. The Morgan fingerprint density at radius 3 is 2.43 bits per heavy atom. The molecule has 0 atom stereocenters. The third kappa shape index (κ3) is 2.52. The van der Waals surface area contributed by atoms with Crippen molar-refractivity contribution in [3.05, 3.63) is 59.1 Å². The Kier molecular flexibility index (Phi) is 3.43. The molecule has 0 unspecified atom stereocenters. The van der Waals surface area contributed by atoms with Crippen LogP contribution in [0.4, 0.5) is 5.82 Å². The molecule has 0 saturated heterocycles. The molecule has 0 aliphatic rings. The Balaban J connectivity index is 2.23. The Labute approximate surface area is 129 Å². The molecule has 0 aliphatic carbocycles. The molecule has 0 amide bonds. The van der Waals surface area contributed by atoms with E-state index in [2.05, 4.69) is 30.2 Å². The fourth-order valence-electron chi connectivity index (χ4n) is 2.43. The lowest BCUT2D eigenvalue weighted by molar-refractivity contribution is 0.782. The molecule has 1 aromatic heterocycles. The smallest absolute Gasteiger partial charge is 0.129 e. The summed E-state index contributed by atoms with van der Waals surface area (Å²) in [5, 5.41) is 5.27. The molecule has 21 heavy (non-hydrogen) atoms. The average molecular weight is 298 g/mol. The number of rotatable bonds is 2. The standard InChI is InChI=1S/C17H16ClN3/c1-11-4-3-5-13(10-11)15-16(20-21(2)17(15)19)12-6-8-14(18)9-7-12/h3-10H,19H2,1-2H3. The third-order valence-corrected chi connectivity index (χ3v) is 3.77. The number of anilines is 1. The van der Waals surface area contributed by atoms with Gasteiger partial charge in [0.15, 0.2) is 0 Å². The van der Waals surface area contributed by atoms with E-state index in [4.69, 9.17) is 17.3 Å². The fraction of sp³-hybridized carbons (Fsp3) is 0.118. The summed E-state index contributed by atoms with van der Waals surface area (Å²) in [5.41, 5.74) is 11.3. The predicted molar refractivity (Wildman–Crippen MR) is 88.2 cm³/mol. The Bertz CT molecular complexity index is 788. The van der Waals surface area contributed by atoms with Gasteiger partial charge in [-0.05, 0) is 24.6 Å². The number of halogens is 1. The van der Waals surface area contributed by atoms with Crippen molar-refractivity contribution in [2.75, 3.05) is 5.73 Å². The number of nitrogens with zero attached hydrogens (tertiary/aromatic N) is 2. The van der Waals surface area contributed by atoms with Crippen LogP contribution in [0.1, 0.15) is 5.56 Å². The van der Waals surface area contributed by atoms with Crippen LogP contribution in [-0.2, 0) is 7.05 Å². The molecule has 0 saturated carbocycles. The van der Waals surface area contributed by atoms with Crippen LogP contribution >= 0.6 is 11.6 Å². The molecule has 106 valence electrons. The molecule has 0 fully saturated rings. The third-order valence-electron chi connectivity index (χ3n) is 3.52. The van der Waals surface area contributed by atoms with Crippen LogP contribution in [-0.4, -0.2) is 9.78 Å². The minimum atomic E-state index is 0.658. The van der Waals surface area contributed by atoms with Gasteiger partial charge in [-0.15, -0.1) is 0 Å². The van der Waals surface area contributed by atoms with Gasteiger partial charge in [-0.25, -0.2) is 0 Å². The summed E-state index contributed by atoms with van der Waals surface area (Å²) in [6.45, 7) is 2.07. The van der Waals surface area contributed by atoms with Gasteiger partial charge in [-0.1, -0.05) is 53.6 Å². The van der Waals surface area contributed by atoms with Crippen LogP contribution in [0.15, 0.2) is 48.5 Å². The second-order valence-corrected chi connectivity index (χ2v) is 5.55. The van der Waals surface area contributed by atoms with E-state index in [-0.39, 0.29) is 0 Å². The first-order valence-corrected chi connectivity index (χ1v) is 7.09. The van der Waals surface area contributed by atoms with Crippen LogP contribution in [0.25, 0.3) is 22.4 Å². The number of nitrogens with two attached hydrogens (primary N) is 1. The second kappa shape index (κ2) is 5.26. The van der Waals surface area contributed by atoms with Gasteiger partial charge < -0.3 is 5.73 Å². The minimum absolute atomic E-state index is 0.658. The van der Waals surface area contributed by atoms with Gasteiger partial charge in [-0.2, -0.15) is 5.10 Å². The molecule has 3 nitrogen and oxygen atoms in total. The summed E-state index contributed by atoms with van der Waals surface area (Å²) in [7, 11) is 1.86. The summed E-state index contributed by atoms with van der Waals surface area (Å²) < 4.78 is 1.71. The highest BCUT2D eigenvalue weighted by Crippen LogP contribution is 2.36. The van der Waals surface area contributed by atoms with Gasteiger partial charge in [0.1, 0.15) is 11.5 Å². The van der Waals surface area contributed by atoms with Gasteiger partial charge in [0, 0.05) is 17.6 Å². The lowest BCUT2D eigenvalue weighted by Crippen LogP contribution is -1.98. The molecule has 0 spiro atoms. The van der Waals surface area contributed by atoms with E-state index < -0.39 is 0 Å². The Hall–Kier alpha value is -2.26. The van der Waals surface area contributed by atoms with Crippen molar-refractivity contribution >= 4 is 17.4 Å². The molecule has 4 heteroatoms. The van der Waals surface area contributed by atoms with Gasteiger partial charge in [0.2, 0.25) is 0 Å². The normalized spacial score (nSPS) is 10.8. The molecule has 0 bridgehead atoms. The van der Waals surface area contributed by atoms with E-state index in [0.717, 1.165) is 22.4 Å². The highest BCUT2D eigenvalue weighted by atomic mass is 35.5. The highest BCUT2D eigenvalue weighted by Gasteiger charge is 2.17. The fourth-order valence-corrected chi connectivity index (χ4v) is 2.56. The van der Waals surface area contributed by atoms with Crippen molar-refractivity contribution in [1.82, 2.24) is 9.78 Å². The van der Waals surface area contributed by atoms with Crippen LogP contribution < -0.4 is 5.73 Å². The van der Waals surface area contributed by atoms with Crippen LogP contribution in [0.5, 0.6) is 0 Å². The van der Waals surface area contributed by atoms with Gasteiger partial charge in [0.25, 0.3) is 0 Å². The molecule has 2 N–H and O–H groups in total. The first-order chi connectivity index (χ1) is 10.1. The van der Waals surface area contributed by atoms with E-state index >= 15 is 0 Å². The van der Waals surface area contributed by atoms with Gasteiger partial charge in [0.05, 0.1) is 5.56 Å². The van der Waals surface area contributed by atoms with E-state index in [1.165, 1.54) is 5.56 Å². The highest BCUT2D eigenvalue weighted by molar-refractivity contribution is 6.30. The number of hydrogen-bond donors (Lipinski definition) is 1. The number of hydrogen-bond acceptors (Lipinski definition) is 2. The number of aryl methyl sites for hydroxylation is 2. The van der Waals surface area contributed by atoms with Crippen molar-refractivity contribution < 1.29 is 0 Å². The number of nitrogen functional groups attached to an aromatic ring is 1. The quantitative estimate of drug-likeness (QED) is 0.766. The molecule has 3 rings (SSSR count). The van der Waals surface area contributed by atoms with E-state index in [9.17, 15) is 0 Å². The molecular weight excluding hydrogens is 282 g/mol. The number of aromatic nitrogens is 2. The zero-order valence-corrected chi connectivity index (χ0v) is 12.7. The van der Waals surface area contributed by atoms with Crippen molar-refractivity contribution in [3.63, 3.8) is 0 Å². The van der Waals surface area contributed by atoms with E-state index in [0.29, 0.717) is 10.8 Å². The summed E-state index contributed by atoms with van der Waals surface area (Å²) in [5.74, 6) is 0.658. The van der Waals surface area contributed by atoms with Crippen molar-refractivity contribution in [2.45, 2.75) is 6.92 Å². The first-order valence-electron chi connectivity index (χ1n) is 6.71. The average Bonchev–Trinajstić information content (AvgIpc) is 2.76. The minimum Gasteiger partial charge on any atom is -0.383 e. The van der Waals surface area contributed by atoms with Crippen LogP contribution in [0, 0.1) is 6.92 Å². The SMILES string of the molecule is Cc1cccc(-c2c(-c3ccc(Cl)cc3)nn(C)c2N)c1. The van der Waals surface area contributed by atoms with E-state index in [1.807, 2.05) is 37.4 Å². The van der Waals surface area contributed by atoms with E-state index in [1.54, 1.807) is 4.68 Å². The Morgan fingerprint density at radius 2 is 1.76 bits per heavy atom. The topological polar surface area (TPSA) is 43.8 Å². The lowest BCUT2D eigenvalue weighted by atomic mass is 9.99. The molecule has 0 radical (unpaired) electrons. The summed E-state index contributed by atoms with van der Waals surface area (Å²) in [6, 6.07) is 15.9. The Morgan fingerprint density at radius 1 is 1.05 bits per heavy atom. The number of benzene rings is 2. The van der Waals surface area contributed by atoms with Crippen LogP contribution in [0.3, 0.4) is 0 Å².